The Morgan fingerprint density at radius 3 is 2.80 bits per heavy atom. The van der Waals surface area contributed by atoms with Crippen LogP contribution in [-0.2, 0) is 4.79 Å². The molecule has 104 valence electrons. The second-order valence-electron chi connectivity index (χ2n) is 4.37. The number of rotatable bonds is 4. The summed E-state index contributed by atoms with van der Waals surface area (Å²) in [6, 6.07) is 11.8. The Morgan fingerprint density at radius 1 is 1.25 bits per heavy atom. The number of nitrogens with one attached hydrogen (secondary N) is 2. The summed E-state index contributed by atoms with van der Waals surface area (Å²) < 4.78 is 14.0. The molecule has 1 amide bonds. The van der Waals surface area contributed by atoms with Crippen LogP contribution >= 0.6 is 15.9 Å². The van der Waals surface area contributed by atoms with E-state index in [1.165, 1.54) is 12.1 Å². The fourth-order valence-electron chi connectivity index (χ4n) is 1.73. The average Bonchev–Trinajstić information content (AvgIpc) is 2.40. The summed E-state index contributed by atoms with van der Waals surface area (Å²) in [6.07, 6.45) is 0. The van der Waals surface area contributed by atoms with Crippen LogP contribution in [0.4, 0.5) is 15.8 Å². The maximum atomic E-state index is 13.1. The van der Waals surface area contributed by atoms with Gasteiger partial charge in [-0.05, 0) is 42.8 Å². The normalized spacial score (nSPS) is 10.2. The smallest absolute Gasteiger partial charge is 0.243 e. The predicted octanol–water partition coefficient (Wildman–Crippen LogP) is 3.95. The van der Waals surface area contributed by atoms with Gasteiger partial charge in [-0.1, -0.05) is 28.1 Å². The van der Waals surface area contributed by atoms with Gasteiger partial charge in [0.1, 0.15) is 5.82 Å². The summed E-state index contributed by atoms with van der Waals surface area (Å²) in [5.74, 6) is -0.516. The largest absolute Gasteiger partial charge is 0.376 e. The molecule has 0 unspecified atom stereocenters. The molecular formula is C15H14BrFN2O. The molecule has 5 heteroatoms. The molecular weight excluding hydrogens is 323 g/mol. The Labute approximate surface area is 125 Å². The van der Waals surface area contributed by atoms with Crippen molar-refractivity contribution in [3.05, 3.63) is 58.3 Å². The average molecular weight is 337 g/mol. The number of carbonyl (C=O) groups is 1. The molecule has 0 aliphatic carbocycles. The predicted molar refractivity (Wildman–Crippen MR) is 82.4 cm³/mol. The topological polar surface area (TPSA) is 41.1 Å². The number of hydrogen-bond donors (Lipinski definition) is 2. The van der Waals surface area contributed by atoms with Gasteiger partial charge >= 0.3 is 0 Å². The second-order valence-corrected chi connectivity index (χ2v) is 5.29. The lowest BCUT2D eigenvalue weighted by Gasteiger charge is -2.10. The SMILES string of the molecule is Cc1ccc(F)cc1NCC(=O)Nc1cccc(Br)c1. The first-order chi connectivity index (χ1) is 9.54. The van der Waals surface area contributed by atoms with Crippen molar-refractivity contribution in [2.45, 2.75) is 6.92 Å². The van der Waals surface area contributed by atoms with Crippen molar-refractivity contribution in [3.63, 3.8) is 0 Å². The van der Waals surface area contributed by atoms with Crippen LogP contribution < -0.4 is 10.6 Å². The number of amides is 1. The van der Waals surface area contributed by atoms with E-state index in [0.29, 0.717) is 11.4 Å². The van der Waals surface area contributed by atoms with E-state index in [0.717, 1.165) is 10.0 Å². The first kappa shape index (κ1) is 14.5. The van der Waals surface area contributed by atoms with E-state index in [1.807, 2.05) is 25.1 Å². The lowest BCUT2D eigenvalue weighted by molar-refractivity contribution is -0.114. The minimum Gasteiger partial charge on any atom is -0.376 e. The summed E-state index contributed by atoms with van der Waals surface area (Å²) in [5, 5.41) is 5.69. The molecule has 20 heavy (non-hydrogen) atoms. The molecule has 2 rings (SSSR count). The highest BCUT2D eigenvalue weighted by Crippen LogP contribution is 2.17. The summed E-state index contributed by atoms with van der Waals surface area (Å²) in [5.41, 5.74) is 2.22. The van der Waals surface area contributed by atoms with Crippen molar-refractivity contribution < 1.29 is 9.18 Å². The van der Waals surface area contributed by atoms with Gasteiger partial charge in [-0.2, -0.15) is 0 Å². The Morgan fingerprint density at radius 2 is 2.05 bits per heavy atom. The van der Waals surface area contributed by atoms with Crippen LogP contribution in [0, 0.1) is 12.7 Å². The number of aryl methyl sites for hydroxylation is 1. The van der Waals surface area contributed by atoms with E-state index in [1.54, 1.807) is 12.1 Å². The van der Waals surface area contributed by atoms with Crippen molar-refractivity contribution in [1.82, 2.24) is 0 Å². The Kier molecular flexibility index (Phi) is 4.74. The summed E-state index contributed by atoms with van der Waals surface area (Å²) in [7, 11) is 0. The third-order valence-electron chi connectivity index (χ3n) is 2.75. The maximum absolute atomic E-state index is 13.1. The van der Waals surface area contributed by atoms with Crippen LogP contribution in [0.25, 0.3) is 0 Å². The molecule has 0 atom stereocenters. The first-order valence-corrected chi connectivity index (χ1v) is 6.89. The molecule has 2 aromatic carbocycles. The van der Waals surface area contributed by atoms with Gasteiger partial charge in [0, 0.05) is 15.8 Å². The van der Waals surface area contributed by atoms with Crippen molar-refractivity contribution in [2.24, 2.45) is 0 Å². The minimum absolute atomic E-state index is 0.0802. The molecule has 0 saturated heterocycles. The number of benzene rings is 2. The fourth-order valence-corrected chi connectivity index (χ4v) is 2.13. The van der Waals surface area contributed by atoms with Gasteiger partial charge in [-0.25, -0.2) is 4.39 Å². The Hall–Kier alpha value is -1.88. The molecule has 0 aromatic heterocycles. The summed E-state index contributed by atoms with van der Waals surface area (Å²) in [4.78, 5) is 11.8. The molecule has 2 N–H and O–H groups in total. The van der Waals surface area contributed by atoms with Crippen LogP contribution in [0.3, 0.4) is 0 Å². The minimum atomic E-state index is -0.328. The zero-order valence-corrected chi connectivity index (χ0v) is 12.5. The second kappa shape index (κ2) is 6.52. The monoisotopic (exact) mass is 336 g/mol. The lowest BCUT2D eigenvalue weighted by atomic mass is 10.2. The van der Waals surface area contributed by atoms with Gasteiger partial charge in [-0.3, -0.25) is 4.79 Å². The van der Waals surface area contributed by atoms with E-state index < -0.39 is 0 Å². The molecule has 0 radical (unpaired) electrons. The number of anilines is 2. The molecule has 0 bridgehead atoms. The molecule has 3 nitrogen and oxygen atoms in total. The van der Waals surface area contributed by atoms with Crippen LogP contribution in [0.5, 0.6) is 0 Å². The maximum Gasteiger partial charge on any atom is 0.243 e. The summed E-state index contributed by atoms with van der Waals surface area (Å²) in [6.45, 7) is 1.94. The van der Waals surface area contributed by atoms with Gasteiger partial charge in [0.2, 0.25) is 5.91 Å². The Bertz CT molecular complexity index is 631. The van der Waals surface area contributed by atoms with Crippen molar-refractivity contribution in [3.8, 4) is 0 Å². The molecule has 0 fully saturated rings. The van der Waals surface area contributed by atoms with Gasteiger partial charge in [-0.15, -0.1) is 0 Å². The quantitative estimate of drug-likeness (QED) is 0.887. The number of halogens is 2. The first-order valence-electron chi connectivity index (χ1n) is 6.10. The third kappa shape index (κ3) is 4.06. The third-order valence-corrected chi connectivity index (χ3v) is 3.24. The van der Waals surface area contributed by atoms with E-state index in [-0.39, 0.29) is 18.3 Å². The highest BCUT2D eigenvalue weighted by Gasteiger charge is 2.05. The van der Waals surface area contributed by atoms with Gasteiger partial charge in [0.25, 0.3) is 0 Å². The molecule has 0 saturated carbocycles. The van der Waals surface area contributed by atoms with Crippen molar-refractivity contribution in [1.29, 1.82) is 0 Å². The van der Waals surface area contributed by atoms with Crippen LogP contribution in [-0.4, -0.2) is 12.5 Å². The van der Waals surface area contributed by atoms with Crippen molar-refractivity contribution >= 4 is 33.2 Å². The lowest BCUT2D eigenvalue weighted by Crippen LogP contribution is -2.22. The van der Waals surface area contributed by atoms with E-state index in [4.69, 9.17) is 0 Å². The zero-order valence-electron chi connectivity index (χ0n) is 10.9. The van der Waals surface area contributed by atoms with Crippen molar-refractivity contribution in [2.75, 3.05) is 17.2 Å². The molecule has 0 aliphatic rings. The fraction of sp³-hybridized carbons (Fsp3) is 0.133. The van der Waals surface area contributed by atoms with E-state index >= 15 is 0 Å². The number of carbonyl (C=O) groups excluding carboxylic acids is 1. The molecule has 2 aromatic rings. The van der Waals surface area contributed by atoms with E-state index in [9.17, 15) is 9.18 Å². The Balaban J connectivity index is 1.94. The van der Waals surface area contributed by atoms with Crippen LogP contribution in [0.15, 0.2) is 46.9 Å². The highest BCUT2D eigenvalue weighted by molar-refractivity contribution is 9.10. The van der Waals surface area contributed by atoms with Gasteiger partial charge in [0.05, 0.1) is 6.54 Å². The zero-order chi connectivity index (χ0) is 14.5. The van der Waals surface area contributed by atoms with Crippen LogP contribution in [0.1, 0.15) is 5.56 Å². The molecule has 0 aliphatic heterocycles. The van der Waals surface area contributed by atoms with Gasteiger partial charge in [0.15, 0.2) is 0 Å². The standard InChI is InChI=1S/C15H14BrFN2O/c1-10-5-6-12(17)8-14(10)18-9-15(20)19-13-4-2-3-11(16)7-13/h2-8,18H,9H2,1H3,(H,19,20). The molecule has 0 heterocycles. The van der Waals surface area contributed by atoms with Crippen LogP contribution in [0.2, 0.25) is 0 Å². The van der Waals surface area contributed by atoms with Gasteiger partial charge < -0.3 is 10.6 Å². The van der Waals surface area contributed by atoms with E-state index in [2.05, 4.69) is 26.6 Å². The summed E-state index contributed by atoms with van der Waals surface area (Å²) >= 11 is 3.34. The molecule has 0 spiro atoms. The highest BCUT2D eigenvalue weighted by atomic mass is 79.9. The number of hydrogen-bond acceptors (Lipinski definition) is 2.